The smallest absolute Gasteiger partial charge is 0.239 e. The largest absolute Gasteiger partial charge is 0.324 e. The number of carbonyl (C=O) groups excluding carboxylic acids is 1. The van der Waals surface area contributed by atoms with Crippen LogP contribution in [0.1, 0.15) is 5.56 Å². The molecule has 1 N–H and O–H groups in total. The first-order valence-corrected chi connectivity index (χ1v) is 7.43. The lowest BCUT2D eigenvalue weighted by molar-refractivity contribution is -0.113. The molecule has 0 saturated heterocycles. The molecule has 4 heteroatoms. The van der Waals surface area contributed by atoms with E-state index in [1.54, 1.807) is 11.8 Å². The van der Waals surface area contributed by atoms with Gasteiger partial charge in [-0.3, -0.25) is 4.79 Å². The van der Waals surface area contributed by atoms with Gasteiger partial charge >= 0.3 is 0 Å². The molecule has 0 atom stereocenters. The molecule has 0 aliphatic carbocycles. The summed E-state index contributed by atoms with van der Waals surface area (Å²) in [4.78, 5) is 12.4. The monoisotopic (exact) mass is 291 g/mol. The molecule has 0 fully saturated rings. The number of thioether (sulfide) groups is 1. The summed E-state index contributed by atoms with van der Waals surface area (Å²) in [6, 6.07) is 18.0. The van der Waals surface area contributed by atoms with E-state index < -0.39 is 0 Å². The van der Waals surface area contributed by atoms with Crippen LogP contribution in [-0.2, 0) is 10.5 Å². The molecule has 0 unspecified atom stereocenters. The van der Waals surface area contributed by atoms with Gasteiger partial charge in [-0.2, -0.15) is 0 Å². The van der Waals surface area contributed by atoms with Gasteiger partial charge in [-0.05, 0) is 17.7 Å². The van der Waals surface area contributed by atoms with Crippen LogP contribution in [0, 0.1) is 0 Å². The maximum Gasteiger partial charge on any atom is 0.239 e. The summed E-state index contributed by atoms with van der Waals surface area (Å²) < 4.78 is 0. The van der Waals surface area contributed by atoms with Crippen molar-refractivity contribution in [2.24, 2.45) is 0 Å². The molecule has 98 valence electrons. The molecule has 0 aromatic heterocycles. The van der Waals surface area contributed by atoms with Crippen molar-refractivity contribution in [1.82, 2.24) is 0 Å². The summed E-state index contributed by atoms with van der Waals surface area (Å²) in [6.07, 6.45) is 0. The first-order valence-electron chi connectivity index (χ1n) is 5.91. The second-order valence-corrected chi connectivity index (χ2v) is 5.24. The van der Waals surface area contributed by atoms with Crippen molar-refractivity contribution in [2.75, 3.05) is 11.2 Å². The highest BCUT2D eigenvalue weighted by Crippen LogP contribution is 2.29. The molecule has 0 radical (unpaired) electrons. The van der Waals surface area contributed by atoms with E-state index in [0.29, 0.717) is 0 Å². The highest BCUT2D eigenvalue weighted by Gasteiger charge is 2.06. The van der Waals surface area contributed by atoms with Crippen molar-refractivity contribution in [2.45, 2.75) is 10.6 Å². The highest BCUT2D eigenvalue weighted by molar-refractivity contribution is 7.98. The van der Waals surface area contributed by atoms with Crippen molar-refractivity contribution in [3.05, 3.63) is 60.2 Å². The fourth-order valence-electron chi connectivity index (χ4n) is 1.61. The van der Waals surface area contributed by atoms with Crippen LogP contribution in [0.5, 0.6) is 0 Å². The van der Waals surface area contributed by atoms with E-state index in [0.717, 1.165) is 16.3 Å². The Bertz CT molecular complexity index is 545. The predicted octanol–water partition coefficient (Wildman–Crippen LogP) is 4.16. The molecule has 0 bridgehead atoms. The van der Waals surface area contributed by atoms with E-state index in [9.17, 15) is 4.79 Å². The number of hydrogen-bond acceptors (Lipinski definition) is 2. The minimum atomic E-state index is -0.186. The lowest BCUT2D eigenvalue weighted by Crippen LogP contribution is -2.13. The third kappa shape index (κ3) is 4.30. The first kappa shape index (κ1) is 14.0. The summed E-state index contributed by atoms with van der Waals surface area (Å²) in [5, 5.41) is 2.80. The van der Waals surface area contributed by atoms with E-state index in [4.69, 9.17) is 11.6 Å². The number of alkyl halides is 1. The second kappa shape index (κ2) is 7.22. The third-order valence-electron chi connectivity index (χ3n) is 2.52. The Morgan fingerprint density at radius 2 is 1.74 bits per heavy atom. The Labute approximate surface area is 122 Å². The van der Waals surface area contributed by atoms with Gasteiger partial charge in [-0.25, -0.2) is 0 Å². The Kier molecular flexibility index (Phi) is 5.31. The lowest BCUT2D eigenvalue weighted by atomic mass is 10.2. The van der Waals surface area contributed by atoms with Gasteiger partial charge in [-0.15, -0.1) is 23.4 Å². The normalized spacial score (nSPS) is 10.2. The molecule has 2 aromatic carbocycles. The van der Waals surface area contributed by atoms with Gasteiger partial charge < -0.3 is 5.32 Å². The van der Waals surface area contributed by atoms with Crippen LogP contribution >= 0.6 is 23.4 Å². The second-order valence-electron chi connectivity index (χ2n) is 3.95. The Balaban J connectivity index is 2.05. The first-order chi connectivity index (χ1) is 9.29. The Hall–Kier alpha value is -1.45. The summed E-state index contributed by atoms with van der Waals surface area (Å²) in [5.74, 6) is 0.654. The average molecular weight is 292 g/mol. The van der Waals surface area contributed by atoms with Gasteiger partial charge in [0.05, 0.1) is 5.69 Å². The molecule has 0 saturated carbocycles. The zero-order valence-electron chi connectivity index (χ0n) is 10.3. The van der Waals surface area contributed by atoms with E-state index in [-0.39, 0.29) is 11.8 Å². The van der Waals surface area contributed by atoms with E-state index in [1.807, 2.05) is 42.5 Å². The van der Waals surface area contributed by atoms with Crippen LogP contribution in [0.3, 0.4) is 0 Å². The highest BCUT2D eigenvalue weighted by atomic mass is 35.5. The molecule has 0 spiro atoms. The number of rotatable bonds is 5. The minimum absolute atomic E-state index is 0.0301. The van der Waals surface area contributed by atoms with Crippen molar-refractivity contribution in [3.8, 4) is 0 Å². The van der Waals surface area contributed by atoms with E-state index in [1.165, 1.54) is 5.56 Å². The van der Waals surface area contributed by atoms with E-state index in [2.05, 4.69) is 17.4 Å². The van der Waals surface area contributed by atoms with Crippen LogP contribution in [0.25, 0.3) is 0 Å². The van der Waals surface area contributed by atoms with Crippen LogP contribution in [0.4, 0.5) is 5.69 Å². The van der Waals surface area contributed by atoms with Crippen molar-refractivity contribution in [1.29, 1.82) is 0 Å². The molecule has 1 amide bonds. The molecular weight excluding hydrogens is 278 g/mol. The zero-order chi connectivity index (χ0) is 13.5. The SMILES string of the molecule is O=C(CCl)Nc1ccccc1SCc1ccccc1. The van der Waals surface area contributed by atoms with Crippen LogP contribution < -0.4 is 5.32 Å². The number of anilines is 1. The molecular formula is C15H14ClNOS. The van der Waals surface area contributed by atoms with Crippen molar-refractivity contribution < 1.29 is 4.79 Å². The quantitative estimate of drug-likeness (QED) is 0.662. The number of amides is 1. The Morgan fingerprint density at radius 3 is 2.47 bits per heavy atom. The maximum atomic E-state index is 11.4. The number of benzene rings is 2. The molecule has 19 heavy (non-hydrogen) atoms. The average Bonchev–Trinajstić information content (AvgIpc) is 2.47. The van der Waals surface area contributed by atoms with Crippen molar-refractivity contribution >= 4 is 35.0 Å². The van der Waals surface area contributed by atoms with Gasteiger partial charge in [0.1, 0.15) is 5.88 Å². The summed E-state index contributed by atoms with van der Waals surface area (Å²) in [6.45, 7) is 0. The molecule has 0 aliphatic heterocycles. The van der Waals surface area contributed by atoms with Gasteiger partial charge in [0.2, 0.25) is 5.91 Å². The van der Waals surface area contributed by atoms with Gasteiger partial charge in [0, 0.05) is 10.6 Å². The number of halogens is 1. The topological polar surface area (TPSA) is 29.1 Å². The lowest BCUT2D eigenvalue weighted by Gasteiger charge is -2.09. The minimum Gasteiger partial charge on any atom is -0.324 e. The molecule has 0 heterocycles. The molecule has 2 aromatic rings. The summed E-state index contributed by atoms with van der Waals surface area (Å²) in [7, 11) is 0. The van der Waals surface area contributed by atoms with Gasteiger partial charge in [-0.1, -0.05) is 42.5 Å². The number of nitrogens with one attached hydrogen (secondary N) is 1. The van der Waals surface area contributed by atoms with E-state index >= 15 is 0 Å². The van der Waals surface area contributed by atoms with Crippen LogP contribution in [-0.4, -0.2) is 11.8 Å². The predicted molar refractivity (Wildman–Crippen MR) is 81.8 cm³/mol. The maximum absolute atomic E-state index is 11.4. The van der Waals surface area contributed by atoms with Crippen LogP contribution in [0.15, 0.2) is 59.5 Å². The zero-order valence-corrected chi connectivity index (χ0v) is 11.9. The van der Waals surface area contributed by atoms with Crippen molar-refractivity contribution in [3.63, 3.8) is 0 Å². The third-order valence-corrected chi connectivity index (χ3v) is 3.91. The standard InChI is InChI=1S/C15H14ClNOS/c16-10-15(18)17-13-8-4-5-9-14(13)19-11-12-6-2-1-3-7-12/h1-9H,10-11H2,(H,17,18). The Morgan fingerprint density at radius 1 is 1.05 bits per heavy atom. The fourth-order valence-corrected chi connectivity index (χ4v) is 2.65. The molecule has 2 rings (SSSR count). The van der Waals surface area contributed by atoms with Crippen LogP contribution in [0.2, 0.25) is 0 Å². The van der Waals surface area contributed by atoms with Gasteiger partial charge in [0.15, 0.2) is 0 Å². The summed E-state index contributed by atoms with van der Waals surface area (Å²) in [5.41, 5.74) is 2.07. The number of para-hydroxylation sites is 1. The number of hydrogen-bond donors (Lipinski definition) is 1. The number of carbonyl (C=O) groups is 1. The molecule has 2 nitrogen and oxygen atoms in total. The summed E-state index contributed by atoms with van der Waals surface area (Å²) >= 11 is 7.20. The molecule has 0 aliphatic rings. The van der Waals surface area contributed by atoms with Gasteiger partial charge in [0.25, 0.3) is 0 Å². The fraction of sp³-hybridized carbons (Fsp3) is 0.133.